The second kappa shape index (κ2) is 6.02. The summed E-state index contributed by atoms with van der Waals surface area (Å²) in [5.41, 5.74) is 6.21. The molecule has 1 amide bonds. The van der Waals surface area contributed by atoms with E-state index in [0.717, 1.165) is 17.2 Å². The van der Waals surface area contributed by atoms with Crippen molar-refractivity contribution in [3.8, 4) is 0 Å². The Morgan fingerprint density at radius 2 is 2.18 bits per heavy atom. The summed E-state index contributed by atoms with van der Waals surface area (Å²) in [6.07, 6.45) is 0. The number of carbonyl (C=O) groups is 1. The molecule has 0 radical (unpaired) electrons. The van der Waals surface area contributed by atoms with Gasteiger partial charge in [0.25, 0.3) is 5.91 Å². The molecule has 7 heteroatoms. The Hall–Kier alpha value is -1.08. The fourth-order valence-corrected chi connectivity index (χ4v) is 1.98. The molecule has 0 bridgehead atoms. The Kier molecular flexibility index (Phi) is 4.95. The number of carbonyl (C=O) groups excluding carboxylic acids is 1. The Morgan fingerprint density at radius 1 is 1.53 bits per heavy atom. The first-order valence-corrected chi connectivity index (χ1v) is 6.51. The molecule has 0 saturated carbocycles. The largest absolute Gasteiger partial charge is 0.393 e. The first-order chi connectivity index (χ1) is 7.93. The van der Waals surface area contributed by atoms with Crippen molar-refractivity contribution >= 4 is 34.6 Å². The quantitative estimate of drug-likeness (QED) is 0.790. The van der Waals surface area contributed by atoms with Crippen molar-refractivity contribution in [3.05, 3.63) is 10.6 Å². The van der Waals surface area contributed by atoms with Crippen LogP contribution in [0.2, 0.25) is 0 Å². The normalized spacial score (nSPS) is 12.5. The molecule has 1 rings (SSSR count). The van der Waals surface area contributed by atoms with Crippen LogP contribution in [-0.2, 0) is 0 Å². The van der Waals surface area contributed by atoms with E-state index in [2.05, 4.69) is 14.9 Å². The van der Waals surface area contributed by atoms with Crippen molar-refractivity contribution < 1.29 is 4.79 Å². The Bertz CT molecular complexity index is 416. The number of nitrogens with one attached hydrogen (secondary N) is 1. The van der Waals surface area contributed by atoms with E-state index < -0.39 is 0 Å². The summed E-state index contributed by atoms with van der Waals surface area (Å²) in [5, 5.41) is 6.74. The fourth-order valence-electron chi connectivity index (χ4n) is 1.16. The van der Waals surface area contributed by atoms with Gasteiger partial charge in [-0.25, -0.2) is 0 Å². The van der Waals surface area contributed by atoms with E-state index in [1.165, 1.54) is 0 Å². The highest BCUT2D eigenvalue weighted by molar-refractivity contribution is 7.80. The summed E-state index contributed by atoms with van der Waals surface area (Å²) >= 11 is 5.95. The summed E-state index contributed by atoms with van der Waals surface area (Å²) in [7, 11) is 0. The molecule has 1 atom stereocenters. The zero-order chi connectivity index (χ0) is 13.0. The summed E-state index contributed by atoms with van der Waals surface area (Å²) in [6, 6.07) is 0. The van der Waals surface area contributed by atoms with Gasteiger partial charge in [0.05, 0.1) is 10.7 Å². The molecule has 17 heavy (non-hydrogen) atoms. The lowest BCUT2D eigenvalue weighted by atomic mass is 10.1. The van der Waals surface area contributed by atoms with E-state index in [1.54, 1.807) is 0 Å². The van der Waals surface area contributed by atoms with Gasteiger partial charge >= 0.3 is 0 Å². The molecular formula is C10H16N4OS2. The Morgan fingerprint density at radius 3 is 2.71 bits per heavy atom. The van der Waals surface area contributed by atoms with Gasteiger partial charge in [-0.05, 0) is 17.5 Å². The third-order valence-corrected chi connectivity index (χ3v) is 3.46. The average molecular weight is 272 g/mol. The van der Waals surface area contributed by atoms with Crippen LogP contribution >= 0.6 is 23.8 Å². The van der Waals surface area contributed by atoms with E-state index in [-0.39, 0.29) is 17.7 Å². The minimum Gasteiger partial charge on any atom is -0.393 e. The van der Waals surface area contributed by atoms with E-state index in [4.69, 9.17) is 18.0 Å². The molecule has 0 saturated heterocycles. The third kappa shape index (κ3) is 3.71. The molecule has 5 nitrogen and oxygen atoms in total. The molecule has 0 spiro atoms. The third-order valence-electron chi connectivity index (χ3n) is 2.32. The topological polar surface area (TPSA) is 80.9 Å². The Balaban J connectivity index is 2.64. The molecule has 1 heterocycles. The lowest BCUT2D eigenvalue weighted by Crippen LogP contribution is -2.33. The smallest absolute Gasteiger partial charge is 0.264 e. The minimum absolute atomic E-state index is 0.0164. The Labute approximate surface area is 110 Å². The van der Waals surface area contributed by atoms with Gasteiger partial charge < -0.3 is 11.1 Å². The molecule has 1 aromatic heterocycles. The first kappa shape index (κ1) is 14.0. The van der Waals surface area contributed by atoms with Crippen molar-refractivity contribution in [1.29, 1.82) is 0 Å². The lowest BCUT2D eigenvalue weighted by Gasteiger charge is -2.10. The predicted octanol–water partition coefficient (Wildman–Crippen LogP) is 1.31. The van der Waals surface area contributed by atoms with E-state index in [1.807, 2.05) is 20.8 Å². The van der Waals surface area contributed by atoms with E-state index in [0.29, 0.717) is 16.4 Å². The number of hydrogen-bond donors (Lipinski definition) is 2. The van der Waals surface area contributed by atoms with Crippen molar-refractivity contribution in [2.45, 2.75) is 26.7 Å². The second-order valence-corrected chi connectivity index (χ2v) is 5.38. The average Bonchev–Trinajstić information content (AvgIpc) is 2.73. The maximum atomic E-state index is 11.9. The fraction of sp³-hybridized carbons (Fsp3) is 0.600. The molecular weight excluding hydrogens is 256 g/mol. The molecule has 0 fully saturated rings. The first-order valence-electron chi connectivity index (χ1n) is 5.33. The van der Waals surface area contributed by atoms with Crippen LogP contribution in [0.25, 0.3) is 0 Å². The predicted molar refractivity (Wildman–Crippen MR) is 72.3 cm³/mol. The second-order valence-electron chi connectivity index (χ2n) is 4.16. The number of aromatic nitrogens is 2. The van der Waals surface area contributed by atoms with Crippen LogP contribution in [0.5, 0.6) is 0 Å². The molecule has 3 N–H and O–H groups in total. The van der Waals surface area contributed by atoms with Crippen LogP contribution in [0.15, 0.2) is 0 Å². The van der Waals surface area contributed by atoms with Gasteiger partial charge in [0.2, 0.25) is 0 Å². The van der Waals surface area contributed by atoms with Gasteiger partial charge in [-0.2, -0.15) is 0 Å². The molecule has 94 valence electrons. The highest BCUT2D eigenvalue weighted by Gasteiger charge is 2.19. The summed E-state index contributed by atoms with van der Waals surface area (Å²) in [4.78, 5) is 12.9. The van der Waals surface area contributed by atoms with Gasteiger partial charge in [0.15, 0.2) is 0 Å². The number of thiocarbonyl (C=S) groups is 1. The van der Waals surface area contributed by atoms with Crippen molar-refractivity contribution in [2.75, 3.05) is 6.54 Å². The van der Waals surface area contributed by atoms with Crippen LogP contribution in [0.4, 0.5) is 0 Å². The van der Waals surface area contributed by atoms with Crippen molar-refractivity contribution in [2.24, 2.45) is 11.7 Å². The molecule has 1 unspecified atom stereocenters. The summed E-state index contributed by atoms with van der Waals surface area (Å²) < 4.78 is 3.81. The van der Waals surface area contributed by atoms with Gasteiger partial charge in [-0.3, -0.25) is 4.79 Å². The van der Waals surface area contributed by atoms with Crippen molar-refractivity contribution in [1.82, 2.24) is 14.9 Å². The molecule has 0 aliphatic heterocycles. The number of rotatable bonds is 5. The van der Waals surface area contributed by atoms with Crippen LogP contribution < -0.4 is 11.1 Å². The van der Waals surface area contributed by atoms with Crippen molar-refractivity contribution in [3.63, 3.8) is 0 Å². The zero-order valence-electron chi connectivity index (χ0n) is 10.1. The van der Waals surface area contributed by atoms with Gasteiger partial charge in [0.1, 0.15) is 4.88 Å². The lowest BCUT2D eigenvalue weighted by molar-refractivity contribution is 0.0954. The van der Waals surface area contributed by atoms with Crippen LogP contribution in [-0.4, -0.2) is 27.0 Å². The summed E-state index contributed by atoms with van der Waals surface area (Å²) in [5.74, 6) is 0.00615. The molecule has 0 aliphatic carbocycles. The van der Waals surface area contributed by atoms with E-state index >= 15 is 0 Å². The maximum Gasteiger partial charge on any atom is 0.264 e. The standard InChI is InChI=1S/C10H16N4OS2/c1-5(2)7-8(17-14-13-7)10(15)12-4-6(3)9(11)16/h5-6H,4H2,1-3H3,(H2,11,16)(H,12,15). The number of nitrogens with zero attached hydrogens (tertiary/aromatic N) is 2. The molecule has 0 aromatic carbocycles. The molecule has 0 aliphatic rings. The van der Waals surface area contributed by atoms with Crippen LogP contribution in [0.3, 0.4) is 0 Å². The van der Waals surface area contributed by atoms with Crippen LogP contribution in [0, 0.1) is 5.92 Å². The van der Waals surface area contributed by atoms with Gasteiger partial charge in [-0.1, -0.05) is 37.5 Å². The number of nitrogens with two attached hydrogens (primary N) is 1. The monoisotopic (exact) mass is 272 g/mol. The molecule has 1 aromatic rings. The van der Waals surface area contributed by atoms with Gasteiger partial charge in [0, 0.05) is 12.5 Å². The van der Waals surface area contributed by atoms with Crippen LogP contribution in [0.1, 0.15) is 42.1 Å². The van der Waals surface area contributed by atoms with Gasteiger partial charge in [-0.15, -0.1) is 5.10 Å². The minimum atomic E-state index is -0.160. The highest BCUT2D eigenvalue weighted by atomic mass is 32.1. The SMILES string of the molecule is CC(CNC(=O)c1snnc1C(C)C)C(N)=S. The highest BCUT2D eigenvalue weighted by Crippen LogP contribution is 2.19. The van der Waals surface area contributed by atoms with E-state index in [9.17, 15) is 4.79 Å². The maximum absolute atomic E-state index is 11.9. The number of amides is 1. The summed E-state index contributed by atoms with van der Waals surface area (Å²) in [6.45, 7) is 6.26. The number of hydrogen-bond acceptors (Lipinski definition) is 5. The zero-order valence-corrected chi connectivity index (χ0v) is 11.7.